The lowest BCUT2D eigenvalue weighted by Crippen LogP contribution is -2.36. The Morgan fingerprint density at radius 1 is 1.42 bits per heavy atom. The monoisotopic (exact) mass is 175 g/mol. The minimum atomic E-state index is -2.29. The number of piperidine rings is 1. The molecule has 0 N–H and O–H groups in total. The van der Waals surface area contributed by atoms with E-state index >= 15 is 0 Å². The summed E-state index contributed by atoms with van der Waals surface area (Å²) in [6, 6.07) is 0. The van der Waals surface area contributed by atoms with Gasteiger partial charge in [-0.15, -0.1) is 0 Å². The van der Waals surface area contributed by atoms with E-state index in [-0.39, 0.29) is 18.8 Å². The molecule has 5 heteroatoms. The van der Waals surface area contributed by atoms with Crippen molar-refractivity contribution in [3.8, 4) is 0 Å². The van der Waals surface area contributed by atoms with Crippen LogP contribution in [0.2, 0.25) is 6.32 Å². The Morgan fingerprint density at radius 3 is 2.75 bits per heavy atom. The zero-order valence-corrected chi connectivity index (χ0v) is 6.93. The fraction of sp³-hybridized carbons (Fsp3) is 0.857. The van der Waals surface area contributed by atoms with Gasteiger partial charge < -0.3 is 4.90 Å². The summed E-state index contributed by atoms with van der Waals surface area (Å²) < 4.78 is 23.6. The van der Waals surface area contributed by atoms with Crippen molar-refractivity contribution in [3.05, 3.63) is 0 Å². The fourth-order valence-corrected chi connectivity index (χ4v) is 1.35. The highest BCUT2D eigenvalue weighted by molar-refractivity contribution is 6.42. The quantitative estimate of drug-likeness (QED) is 0.594. The number of rotatable bonds is 3. The molecule has 0 radical (unpaired) electrons. The van der Waals surface area contributed by atoms with E-state index in [2.05, 4.69) is 0 Å². The van der Waals surface area contributed by atoms with Gasteiger partial charge in [0, 0.05) is 25.8 Å². The van der Waals surface area contributed by atoms with Crippen LogP contribution in [0.1, 0.15) is 19.3 Å². The minimum Gasteiger partial charge on any atom is -0.343 e. The molecule has 1 amide bonds. The molecule has 68 valence electrons. The van der Waals surface area contributed by atoms with E-state index in [1.807, 2.05) is 0 Å². The Morgan fingerprint density at radius 2 is 2.17 bits per heavy atom. The highest BCUT2D eigenvalue weighted by Gasteiger charge is 2.20. The van der Waals surface area contributed by atoms with Crippen LogP contribution in [0.25, 0.3) is 0 Å². The molecule has 0 saturated carbocycles. The number of carbonyl (C=O) groups excluding carboxylic acids is 1. The van der Waals surface area contributed by atoms with Crippen LogP contribution < -0.4 is 0 Å². The molecule has 0 unspecified atom stereocenters. The third kappa shape index (κ3) is 2.79. The predicted octanol–water partition coefficient (Wildman–Crippen LogP) is 1.43. The van der Waals surface area contributed by atoms with Crippen molar-refractivity contribution in [2.75, 3.05) is 13.1 Å². The molecule has 1 rings (SSSR count). The maximum Gasteiger partial charge on any atom is 0.539 e. The Kier molecular flexibility index (Phi) is 3.50. The molecule has 0 spiro atoms. The van der Waals surface area contributed by atoms with Gasteiger partial charge in [0.15, 0.2) is 0 Å². The van der Waals surface area contributed by atoms with E-state index in [1.54, 1.807) is 0 Å². The lowest BCUT2D eigenvalue weighted by Gasteiger charge is -2.26. The van der Waals surface area contributed by atoms with Crippen molar-refractivity contribution >= 4 is 13.2 Å². The lowest BCUT2D eigenvalue weighted by atomic mass is 9.92. The first-order valence-electron chi connectivity index (χ1n) is 4.26. The second-order valence-electron chi connectivity index (χ2n) is 3.02. The van der Waals surface area contributed by atoms with Crippen LogP contribution in [0.4, 0.5) is 8.63 Å². The van der Waals surface area contributed by atoms with Crippen LogP contribution in [0.3, 0.4) is 0 Å². The molecule has 1 aliphatic heterocycles. The molecule has 1 saturated heterocycles. The maximum absolute atomic E-state index is 11.8. The molecular weight excluding hydrogens is 163 g/mol. The summed E-state index contributed by atoms with van der Waals surface area (Å²) in [5.41, 5.74) is 0. The van der Waals surface area contributed by atoms with Gasteiger partial charge in [-0.25, -0.2) is 0 Å². The van der Waals surface area contributed by atoms with Crippen molar-refractivity contribution < 1.29 is 13.4 Å². The normalized spacial score (nSPS) is 18.2. The molecule has 1 fully saturated rings. The van der Waals surface area contributed by atoms with Gasteiger partial charge in [-0.1, -0.05) is 0 Å². The van der Waals surface area contributed by atoms with Crippen molar-refractivity contribution in [2.45, 2.75) is 25.6 Å². The smallest absolute Gasteiger partial charge is 0.343 e. The standard InChI is InChI=1S/C7H12BF2NO/c9-8(10)4-6-11-5-2-1-3-7(11)12/h1-6H2. The largest absolute Gasteiger partial charge is 0.539 e. The number of hydrogen-bond donors (Lipinski definition) is 0. The highest BCUT2D eigenvalue weighted by atomic mass is 19.2. The Hall–Kier alpha value is -0.605. The van der Waals surface area contributed by atoms with Crippen LogP contribution in [0, 0.1) is 0 Å². The third-order valence-electron chi connectivity index (χ3n) is 2.04. The average molecular weight is 175 g/mol. The molecule has 0 aromatic heterocycles. The SMILES string of the molecule is O=C1CCCCN1CCB(F)F. The van der Waals surface area contributed by atoms with Crippen LogP contribution in [-0.2, 0) is 4.79 Å². The first-order valence-corrected chi connectivity index (χ1v) is 4.26. The lowest BCUT2D eigenvalue weighted by molar-refractivity contribution is -0.132. The number of likely N-dealkylation sites (tertiary alicyclic amines) is 1. The van der Waals surface area contributed by atoms with Crippen LogP contribution in [-0.4, -0.2) is 31.2 Å². The van der Waals surface area contributed by atoms with Gasteiger partial charge in [-0.3, -0.25) is 13.4 Å². The molecule has 1 heterocycles. The second kappa shape index (κ2) is 4.43. The number of halogens is 2. The van der Waals surface area contributed by atoms with E-state index in [4.69, 9.17) is 0 Å². The minimum absolute atomic E-state index is 0.0295. The summed E-state index contributed by atoms with van der Waals surface area (Å²) in [5, 5.41) is 0. The number of hydrogen-bond acceptors (Lipinski definition) is 1. The topological polar surface area (TPSA) is 20.3 Å². The van der Waals surface area contributed by atoms with Gasteiger partial charge in [-0.05, 0) is 12.8 Å². The number of carbonyl (C=O) groups is 1. The van der Waals surface area contributed by atoms with Crippen molar-refractivity contribution in [1.29, 1.82) is 0 Å². The van der Waals surface area contributed by atoms with E-state index in [1.165, 1.54) is 4.90 Å². The first kappa shape index (κ1) is 9.48. The fourth-order valence-electron chi connectivity index (χ4n) is 1.35. The first-order chi connectivity index (χ1) is 5.70. The molecular formula is C7H12BF2NO. The van der Waals surface area contributed by atoms with Crippen LogP contribution in [0.5, 0.6) is 0 Å². The van der Waals surface area contributed by atoms with E-state index < -0.39 is 7.27 Å². The zero-order valence-electron chi connectivity index (χ0n) is 6.93. The summed E-state index contributed by atoms with van der Waals surface area (Å²) in [4.78, 5) is 12.6. The average Bonchev–Trinajstić information content (AvgIpc) is 2.03. The predicted molar refractivity (Wildman–Crippen MR) is 43.2 cm³/mol. The van der Waals surface area contributed by atoms with Crippen molar-refractivity contribution in [2.24, 2.45) is 0 Å². The van der Waals surface area contributed by atoms with Gasteiger partial charge in [0.05, 0.1) is 0 Å². The molecule has 12 heavy (non-hydrogen) atoms. The van der Waals surface area contributed by atoms with Crippen LogP contribution >= 0.6 is 0 Å². The molecule has 0 aliphatic carbocycles. The van der Waals surface area contributed by atoms with E-state index in [0.29, 0.717) is 13.0 Å². The van der Waals surface area contributed by atoms with Gasteiger partial charge in [-0.2, -0.15) is 0 Å². The van der Waals surface area contributed by atoms with Gasteiger partial charge in [0.1, 0.15) is 0 Å². The van der Waals surface area contributed by atoms with E-state index in [0.717, 1.165) is 12.8 Å². The molecule has 2 nitrogen and oxygen atoms in total. The molecule has 0 aromatic rings. The molecule has 0 atom stereocenters. The Labute approximate surface area is 71.1 Å². The molecule has 1 aliphatic rings. The number of amides is 1. The van der Waals surface area contributed by atoms with Gasteiger partial charge >= 0.3 is 7.27 Å². The zero-order chi connectivity index (χ0) is 8.97. The van der Waals surface area contributed by atoms with Crippen LogP contribution in [0.15, 0.2) is 0 Å². The number of nitrogens with zero attached hydrogens (tertiary/aromatic N) is 1. The second-order valence-corrected chi connectivity index (χ2v) is 3.02. The maximum atomic E-state index is 11.8. The van der Waals surface area contributed by atoms with Gasteiger partial charge in [0.25, 0.3) is 0 Å². The van der Waals surface area contributed by atoms with E-state index in [9.17, 15) is 13.4 Å². The van der Waals surface area contributed by atoms with Gasteiger partial charge in [0.2, 0.25) is 5.91 Å². The Balaban J connectivity index is 2.25. The summed E-state index contributed by atoms with van der Waals surface area (Å²) in [5.74, 6) is 0.0295. The van der Waals surface area contributed by atoms with Crippen molar-refractivity contribution in [1.82, 2.24) is 4.90 Å². The molecule has 0 aromatic carbocycles. The summed E-state index contributed by atoms with van der Waals surface area (Å²) in [7, 11) is -2.29. The third-order valence-corrected chi connectivity index (χ3v) is 2.04. The molecule has 0 bridgehead atoms. The Bertz CT molecular complexity index is 165. The highest BCUT2D eigenvalue weighted by Crippen LogP contribution is 2.11. The summed E-state index contributed by atoms with van der Waals surface area (Å²) in [6.45, 7) is 0.877. The summed E-state index contributed by atoms with van der Waals surface area (Å²) >= 11 is 0. The van der Waals surface area contributed by atoms with Crippen molar-refractivity contribution in [3.63, 3.8) is 0 Å². The summed E-state index contributed by atoms with van der Waals surface area (Å²) in [6.07, 6.45) is 2.20.